The van der Waals surface area contributed by atoms with E-state index in [1.807, 2.05) is 0 Å². The highest BCUT2D eigenvalue weighted by Gasteiger charge is 2.44. The highest BCUT2D eigenvalue weighted by molar-refractivity contribution is 5.02. The zero-order chi connectivity index (χ0) is 7.14. The van der Waals surface area contributed by atoms with Gasteiger partial charge in [-0.1, -0.05) is 5.18 Å². The van der Waals surface area contributed by atoms with E-state index in [4.69, 9.17) is 0 Å². The van der Waals surface area contributed by atoms with E-state index in [1.165, 1.54) is 12.8 Å². The summed E-state index contributed by atoms with van der Waals surface area (Å²) in [7, 11) is 2.10. The van der Waals surface area contributed by atoms with Gasteiger partial charge in [-0.25, -0.2) is 0 Å². The highest BCUT2D eigenvalue weighted by Crippen LogP contribution is 2.37. The largest absolute Gasteiger partial charge is 0.298 e. The molecular formula is C7H12N2O. The predicted octanol–water partition coefficient (Wildman–Crippen LogP) is 0.988. The summed E-state index contributed by atoms with van der Waals surface area (Å²) < 4.78 is 0. The van der Waals surface area contributed by atoms with Gasteiger partial charge in [0.1, 0.15) is 6.04 Å². The maximum atomic E-state index is 10.3. The normalized spacial score (nSPS) is 46.3. The van der Waals surface area contributed by atoms with Crippen LogP contribution in [0.4, 0.5) is 0 Å². The fourth-order valence-electron chi connectivity index (χ4n) is 2.34. The van der Waals surface area contributed by atoms with Gasteiger partial charge in [-0.05, 0) is 26.3 Å². The number of nitrogens with zero attached hydrogens (tertiary/aromatic N) is 2. The van der Waals surface area contributed by atoms with E-state index in [0.717, 1.165) is 6.42 Å². The first-order valence-corrected chi connectivity index (χ1v) is 3.87. The van der Waals surface area contributed by atoms with Crippen molar-refractivity contribution in [2.24, 2.45) is 5.18 Å². The molecule has 3 nitrogen and oxygen atoms in total. The van der Waals surface area contributed by atoms with Gasteiger partial charge in [0.05, 0.1) is 0 Å². The van der Waals surface area contributed by atoms with Crippen molar-refractivity contribution in [2.45, 2.75) is 37.4 Å². The zero-order valence-corrected chi connectivity index (χ0v) is 6.16. The number of hydrogen-bond donors (Lipinski definition) is 0. The number of hydrogen-bond acceptors (Lipinski definition) is 3. The molecule has 0 aliphatic carbocycles. The Kier molecular flexibility index (Phi) is 1.27. The molecule has 3 unspecified atom stereocenters. The molecule has 3 heteroatoms. The Balaban J connectivity index is 2.15. The summed E-state index contributed by atoms with van der Waals surface area (Å²) in [6, 6.07) is 1.24. The molecular weight excluding hydrogens is 128 g/mol. The minimum absolute atomic E-state index is 0.101. The van der Waals surface area contributed by atoms with Crippen molar-refractivity contribution in [3.05, 3.63) is 4.91 Å². The lowest BCUT2D eigenvalue weighted by molar-refractivity contribution is 0.307. The summed E-state index contributed by atoms with van der Waals surface area (Å²) >= 11 is 0. The van der Waals surface area contributed by atoms with Crippen molar-refractivity contribution >= 4 is 0 Å². The Morgan fingerprint density at radius 2 is 2.30 bits per heavy atom. The SMILES string of the molecule is CN1C2CCC1C(N=O)C2. The topological polar surface area (TPSA) is 32.7 Å². The first-order valence-electron chi connectivity index (χ1n) is 3.87. The second-order valence-electron chi connectivity index (χ2n) is 3.37. The van der Waals surface area contributed by atoms with Gasteiger partial charge in [-0.2, -0.15) is 4.91 Å². The lowest BCUT2D eigenvalue weighted by Gasteiger charge is -2.14. The predicted molar refractivity (Wildman–Crippen MR) is 38.8 cm³/mol. The lowest BCUT2D eigenvalue weighted by Crippen LogP contribution is -2.27. The van der Waals surface area contributed by atoms with Gasteiger partial charge in [-0.15, -0.1) is 0 Å². The summed E-state index contributed by atoms with van der Waals surface area (Å²) in [6.07, 6.45) is 3.45. The fourth-order valence-corrected chi connectivity index (χ4v) is 2.34. The summed E-state index contributed by atoms with van der Waals surface area (Å²) in [4.78, 5) is 12.6. The van der Waals surface area contributed by atoms with Gasteiger partial charge in [0.2, 0.25) is 0 Å². The molecule has 2 aliphatic rings. The molecule has 2 bridgehead atoms. The quantitative estimate of drug-likeness (QED) is 0.509. The number of nitroso groups, excluding NO2 is 1. The Morgan fingerprint density at radius 3 is 2.60 bits per heavy atom. The van der Waals surface area contributed by atoms with Gasteiger partial charge < -0.3 is 0 Å². The van der Waals surface area contributed by atoms with Crippen LogP contribution >= 0.6 is 0 Å². The van der Waals surface area contributed by atoms with Crippen LogP contribution in [0.5, 0.6) is 0 Å². The van der Waals surface area contributed by atoms with E-state index in [1.54, 1.807) is 0 Å². The van der Waals surface area contributed by atoms with Crippen LogP contribution in [-0.2, 0) is 0 Å². The number of likely N-dealkylation sites (N-methyl/N-ethyl adjacent to an activating group) is 1. The van der Waals surface area contributed by atoms with Crippen molar-refractivity contribution in [1.29, 1.82) is 0 Å². The summed E-state index contributed by atoms with van der Waals surface area (Å²) in [5.41, 5.74) is 0. The third-order valence-corrected chi connectivity index (χ3v) is 2.99. The van der Waals surface area contributed by atoms with Gasteiger partial charge in [0.15, 0.2) is 0 Å². The van der Waals surface area contributed by atoms with E-state index in [0.29, 0.717) is 12.1 Å². The molecule has 0 radical (unpaired) electrons. The monoisotopic (exact) mass is 140 g/mol. The molecule has 2 saturated heterocycles. The molecule has 10 heavy (non-hydrogen) atoms. The number of fused-ring (bicyclic) bond motifs is 2. The molecule has 2 rings (SSSR count). The van der Waals surface area contributed by atoms with Crippen molar-refractivity contribution in [1.82, 2.24) is 4.90 Å². The van der Waals surface area contributed by atoms with Crippen molar-refractivity contribution in [3.63, 3.8) is 0 Å². The third-order valence-electron chi connectivity index (χ3n) is 2.99. The Morgan fingerprint density at radius 1 is 1.50 bits per heavy atom. The summed E-state index contributed by atoms with van der Waals surface area (Å²) in [5.74, 6) is 0. The van der Waals surface area contributed by atoms with Crippen LogP contribution < -0.4 is 0 Å². The summed E-state index contributed by atoms with van der Waals surface area (Å²) in [6.45, 7) is 0. The van der Waals surface area contributed by atoms with E-state index >= 15 is 0 Å². The molecule has 0 amide bonds. The average Bonchev–Trinajstić information content (AvgIpc) is 2.46. The van der Waals surface area contributed by atoms with Crippen molar-refractivity contribution in [2.75, 3.05) is 7.05 Å². The van der Waals surface area contributed by atoms with Crippen molar-refractivity contribution in [3.8, 4) is 0 Å². The second kappa shape index (κ2) is 2.02. The van der Waals surface area contributed by atoms with Gasteiger partial charge >= 0.3 is 0 Å². The summed E-state index contributed by atoms with van der Waals surface area (Å²) in [5, 5.41) is 3.13. The molecule has 2 heterocycles. The average molecular weight is 140 g/mol. The Bertz CT molecular complexity index is 160. The molecule has 56 valence electrons. The smallest absolute Gasteiger partial charge is 0.109 e. The van der Waals surface area contributed by atoms with E-state index in [2.05, 4.69) is 17.1 Å². The third kappa shape index (κ3) is 0.639. The van der Waals surface area contributed by atoms with Crippen LogP contribution in [0.15, 0.2) is 5.18 Å². The molecule has 0 aromatic heterocycles. The van der Waals surface area contributed by atoms with Crippen molar-refractivity contribution < 1.29 is 0 Å². The maximum Gasteiger partial charge on any atom is 0.109 e. The molecule has 0 N–H and O–H groups in total. The standard InChI is InChI=1S/C7H12N2O/c1-9-5-2-3-7(9)6(4-5)8-10/h5-7H,2-4H2,1H3. The van der Waals surface area contributed by atoms with Gasteiger partial charge in [0.25, 0.3) is 0 Å². The second-order valence-corrected chi connectivity index (χ2v) is 3.37. The molecule has 0 aromatic rings. The minimum Gasteiger partial charge on any atom is -0.298 e. The Hall–Kier alpha value is -0.440. The van der Waals surface area contributed by atoms with E-state index in [9.17, 15) is 4.91 Å². The van der Waals surface area contributed by atoms with Gasteiger partial charge in [0, 0.05) is 12.1 Å². The lowest BCUT2D eigenvalue weighted by atomic mass is 9.96. The van der Waals surface area contributed by atoms with E-state index in [-0.39, 0.29) is 6.04 Å². The molecule has 2 fully saturated rings. The molecule has 0 saturated carbocycles. The van der Waals surface area contributed by atoms with Crippen LogP contribution in [0.25, 0.3) is 0 Å². The molecule has 0 aromatic carbocycles. The highest BCUT2D eigenvalue weighted by atomic mass is 16.3. The molecule has 2 aliphatic heterocycles. The van der Waals surface area contributed by atoms with Crippen LogP contribution in [0, 0.1) is 4.91 Å². The molecule has 0 spiro atoms. The fraction of sp³-hybridized carbons (Fsp3) is 1.00. The minimum atomic E-state index is 0.101. The van der Waals surface area contributed by atoms with Gasteiger partial charge in [-0.3, -0.25) is 4.90 Å². The van der Waals surface area contributed by atoms with Crippen LogP contribution in [-0.4, -0.2) is 30.1 Å². The van der Waals surface area contributed by atoms with Crippen LogP contribution in [0.2, 0.25) is 0 Å². The molecule has 3 atom stereocenters. The maximum absolute atomic E-state index is 10.3. The van der Waals surface area contributed by atoms with Crippen LogP contribution in [0.3, 0.4) is 0 Å². The first-order chi connectivity index (χ1) is 4.83. The Labute approximate surface area is 60.4 Å². The first kappa shape index (κ1) is 6.28. The number of rotatable bonds is 1. The van der Waals surface area contributed by atoms with Crippen LogP contribution in [0.1, 0.15) is 19.3 Å². The zero-order valence-electron chi connectivity index (χ0n) is 6.16. The van der Waals surface area contributed by atoms with E-state index < -0.39 is 0 Å².